The number of nitrogens with zero attached hydrogens (tertiary/aromatic N) is 2. The lowest BCUT2D eigenvalue weighted by molar-refractivity contribution is 0.123. The highest BCUT2D eigenvalue weighted by molar-refractivity contribution is 7.09. The number of aliphatic hydroxyl groups excluding tert-OH is 1. The Kier molecular flexibility index (Phi) is 6.28. The zero-order chi connectivity index (χ0) is 13.5. The van der Waals surface area contributed by atoms with Gasteiger partial charge in [-0.1, -0.05) is 19.3 Å². The van der Waals surface area contributed by atoms with E-state index in [9.17, 15) is 5.11 Å². The zero-order valence-electron chi connectivity index (χ0n) is 12.0. The van der Waals surface area contributed by atoms with Gasteiger partial charge in [-0.15, -0.1) is 11.3 Å². The number of hydrogen-bond donors (Lipinski definition) is 1. The van der Waals surface area contributed by atoms with Crippen LogP contribution in [0.15, 0.2) is 5.38 Å². The van der Waals surface area contributed by atoms with Gasteiger partial charge in [-0.05, 0) is 39.2 Å². The third-order valence-corrected chi connectivity index (χ3v) is 4.85. The molecule has 4 heteroatoms. The molecule has 1 N–H and O–H groups in total. The normalized spacial score (nSPS) is 17.2. The minimum Gasteiger partial charge on any atom is -0.395 e. The van der Waals surface area contributed by atoms with Crippen LogP contribution >= 0.6 is 11.3 Å². The first-order valence-electron chi connectivity index (χ1n) is 7.55. The van der Waals surface area contributed by atoms with Gasteiger partial charge in [0.15, 0.2) is 0 Å². The summed E-state index contributed by atoms with van der Waals surface area (Å²) in [6.07, 6.45) is 8.96. The van der Waals surface area contributed by atoms with E-state index in [1.54, 1.807) is 11.3 Å². The summed E-state index contributed by atoms with van der Waals surface area (Å²) in [6, 6.07) is 0.707. The van der Waals surface area contributed by atoms with Gasteiger partial charge in [0.25, 0.3) is 0 Å². The first kappa shape index (κ1) is 14.9. The molecule has 1 fully saturated rings. The van der Waals surface area contributed by atoms with Gasteiger partial charge >= 0.3 is 0 Å². The summed E-state index contributed by atoms with van der Waals surface area (Å²) in [5, 5.41) is 12.6. The molecular weight excluding hydrogens is 256 g/mol. The van der Waals surface area contributed by atoms with E-state index in [2.05, 4.69) is 22.2 Å². The van der Waals surface area contributed by atoms with Crippen LogP contribution in [0.4, 0.5) is 0 Å². The van der Waals surface area contributed by atoms with Crippen molar-refractivity contribution in [2.45, 2.75) is 57.9 Å². The van der Waals surface area contributed by atoms with Crippen molar-refractivity contribution >= 4 is 11.3 Å². The fraction of sp³-hybridized carbons (Fsp3) is 0.800. The fourth-order valence-corrected chi connectivity index (χ4v) is 3.69. The molecule has 19 heavy (non-hydrogen) atoms. The third kappa shape index (κ3) is 4.86. The smallest absolute Gasteiger partial charge is 0.0897 e. The Morgan fingerprint density at radius 1 is 1.32 bits per heavy atom. The van der Waals surface area contributed by atoms with Crippen LogP contribution in [0, 0.1) is 6.92 Å². The summed E-state index contributed by atoms with van der Waals surface area (Å²) in [7, 11) is 0. The quantitative estimate of drug-likeness (QED) is 0.835. The van der Waals surface area contributed by atoms with Gasteiger partial charge in [-0.2, -0.15) is 0 Å². The maximum absolute atomic E-state index is 9.23. The average molecular weight is 282 g/mol. The van der Waals surface area contributed by atoms with Gasteiger partial charge in [0, 0.05) is 18.0 Å². The van der Waals surface area contributed by atoms with Gasteiger partial charge in [-0.25, -0.2) is 4.98 Å². The number of hydrogen-bond acceptors (Lipinski definition) is 4. The van der Waals surface area contributed by atoms with Crippen molar-refractivity contribution in [1.82, 2.24) is 9.88 Å². The molecular formula is C15H26N2OS. The lowest BCUT2D eigenvalue weighted by atomic mass is 9.94. The lowest BCUT2D eigenvalue weighted by Crippen LogP contribution is -2.39. The molecule has 0 amide bonds. The lowest BCUT2D eigenvalue weighted by Gasteiger charge is -2.33. The van der Waals surface area contributed by atoms with Crippen LogP contribution in [0.3, 0.4) is 0 Å². The molecule has 0 spiro atoms. The molecule has 0 aliphatic heterocycles. The van der Waals surface area contributed by atoms with Crippen LogP contribution in [0.25, 0.3) is 0 Å². The Balaban J connectivity index is 1.76. The molecule has 1 aromatic heterocycles. The maximum atomic E-state index is 9.23. The third-order valence-electron chi connectivity index (χ3n) is 4.02. The zero-order valence-corrected chi connectivity index (χ0v) is 12.8. The molecule has 0 radical (unpaired) electrons. The van der Waals surface area contributed by atoms with E-state index in [4.69, 9.17) is 0 Å². The number of aromatic nitrogens is 1. The van der Waals surface area contributed by atoms with Gasteiger partial charge in [0.2, 0.25) is 0 Å². The van der Waals surface area contributed by atoms with Crippen molar-refractivity contribution in [3.8, 4) is 0 Å². The Labute approximate surface area is 120 Å². The van der Waals surface area contributed by atoms with Crippen molar-refractivity contribution < 1.29 is 5.11 Å². The van der Waals surface area contributed by atoms with Crippen molar-refractivity contribution in [3.63, 3.8) is 0 Å². The second-order valence-corrected chi connectivity index (χ2v) is 6.58. The molecule has 3 nitrogen and oxygen atoms in total. The molecule has 1 saturated carbocycles. The van der Waals surface area contributed by atoms with Gasteiger partial charge in [0.1, 0.15) is 0 Å². The molecule has 0 aromatic carbocycles. The van der Waals surface area contributed by atoms with E-state index in [1.807, 2.05) is 0 Å². The molecule has 0 bridgehead atoms. The number of aryl methyl sites for hydroxylation is 2. The van der Waals surface area contributed by atoms with Crippen molar-refractivity contribution in [3.05, 3.63) is 16.1 Å². The predicted molar refractivity (Wildman–Crippen MR) is 80.7 cm³/mol. The Morgan fingerprint density at radius 3 is 2.74 bits per heavy atom. The van der Waals surface area contributed by atoms with Crippen molar-refractivity contribution in [2.75, 3.05) is 19.7 Å². The number of thiazole rings is 1. The Bertz CT molecular complexity index is 361. The summed E-state index contributed by atoms with van der Waals surface area (Å²) in [6.45, 7) is 4.28. The Hall–Kier alpha value is -0.450. The molecule has 0 unspecified atom stereocenters. The molecule has 1 aliphatic carbocycles. The molecule has 1 aliphatic rings. The van der Waals surface area contributed by atoms with Gasteiger partial charge in [-0.3, -0.25) is 4.90 Å². The molecule has 0 saturated heterocycles. The molecule has 108 valence electrons. The topological polar surface area (TPSA) is 36.4 Å². The van der Waals surface area contributed by atoms with E-state index < -0.39 is 0 Å². The summed E-state index contributed by atoms with van der Waals surface area (Å²) < 4.78 is 0. The molecule has 1 aromatic rings. The Morgan fingerprint density at radius 2 is 2.11 bits per heavy atom. The van der Waals surface area contributed by atoms with E-state index in [1.165, 1.54) is 37.8 Å². The van der Waals surface area contributed by atoms with Crippen LogP contribution in [0.2, 0.25) is 0 Å². The highest BCUT2D eigenvalue weighted by Crippen LogP contribution is 2.22. The highest BCUT2D eigenvalue weighted by Gasteiger charge is 2.20. The van der Waals surface area contributed by atoms with Crippen LogP contribution in [0.1, 0.15) is 49.2 Å². The first-order valence-corrected chi connectivity index (χ1v) is 8.43. The van der Waals surface area contributed by atoms with E-state index in [-0.39, 0.29) is 6.61 Å². The molecule has 1 heterocycles. The minimum absolute atomic E-state index is 0.284. The van der Waals surface area contributed by atoms with Crippen LogP contribution in [-0.2, 0) is 6.42 Å². The van der Waals surface area contributed by atoms with E-state index in [0.29, 0.717) is 6.04 Å². The largest absolute Gasteiger partial charge is 0.395 e. The highest BCUT2D eigenvalue weighted by atomic mass is 32.1. The second kappa shape index (κ2) is 7.98. The number of rotatable bonds is 7. The van der Waals surface area contributed by atoms with E-state index >= 15 is 0 Å². The second-order valence-electron chi connectivity index (χ2n) is 5.51. The van der Waals surface area contributed by atoms with E-state index in [0.717, 1.165) is 30.9 Å². The monoisotopic (exact) mass is 282 g/mol. The minimum atomic E-state index is 0.284. The maximum Gasteiger partial charge on any atom is 0.0897 e. The fourth-order valence-electron chi connectivity index (χ4n) is 3.04. The predicted octanol–water partition coefficient (Wildman–Crippen LogP) is 3.01. The first-order chi connectivity index (χ1) is 9.29. The molecule has 0 atom stereocenters. The standard InChI is InChI=1S/C15H26N2OS/c1-13-16-14(12-19-13)6-5-9-17(10-11-18)15-7-3-2-4-8-15/h12,15,18H,2-11H2,1H3. The summed E-state index contributed by atoms with van der Waals surface area (Å²) in [5.74, 6) is 0. The van der Waals surface area contributed by atoms with Crippen molar-refractivity contribution in [2.24, 2.45) is 0 Å². The van der Waals surface area contributed by atoms with Crippen LogP contribution < -0.4 is 0 Å². The van der Waals surface area contributed by atoms with Gasteiger partial charge in [0.05, 0.1) is 17.3 Å². The number of aliphatic hydroxyl groups is 1. The average Bonchev–Trinajstić information content (AvgIpc) is 2.84. The molecule has 2 rings (SSSR count). The summed E-state index contributed by atoms with van der Waals surface area (Å²) in [5.41, 5.74) is 1.23. The van der Waals surface area contributed by atoms with Crippen LogP contribution in [-0.4, -0.2) is 40.7 Å². The summed E-state index contributed by atoms with van der Waals surface area (Å²) >= 11 is 1.74. The summed E-state index contributed by atoms with van der Waals surface area (Å²) in [4.78, 5) is 7.02. The van der Waals surface area contributed by atoms with Crippen LogP contribution in [0.5, 0.6) is 0 Å². The van der Waals surface area contributed by atoms with Crippen molar-refractivity contribution in [1.29, 1.82) is 0 Å². The van der Waals surface area contributed by atoms with Gasteiger partial charge < -0.3 is 5.11 Å². The SMILES string of the molecule is Cc1nc(CCCN(CCO)C2CCCCC2)cs1.